The first-order valence-electron chi connectivity index (χ1n) is 7.81. The van der Waals surface area contributed by atoms with Gasteiger partial charge >= 0.3 is 0 Å². The lowest BCUT2D eigenvalue weighted by molar-refractivity contribution is 0.101. The molecule has 0 spiro atoms. The van der Waals surface area contributed by atoms with Crippen LogP contribution in [-0.2, 0) is 6.42 Å². The fraction of sp³-hybridized carbons (Fsp3) is 0.278. The van der Waals surface area contributed by atoms with Crippen molar-refractivity contribution in [1.29, 1.82) is 0 Å². The Kier molecular flexibility index (Phi) is 3.97. The Hall–Kier alpha value is -2.89. The van der Waals surface area contributed by atoms with E-state index < -0.39 is 0 Å². The average Bonchev–Trinajstić information content (AvgIpc) is 3.05. The molecular weight excluding hydrogens is 306 g/mol. The number of carbonyl (C=O) groups excluding carboxylic acids is 2. The lowest BCUT2D eigenvalue weighted by atomic mass is 10.0. The highest BCUT2D eigenvalue weighted by Gasteiger charge is 2.21. The maximum atomic E-state index is 12.6. The Bertz CT molecular complexity index is 950. The predicted molar refractivity (Wildman–Crippen MR) is 91.6 cm³/mol. The first kappa shape index (κ1) is 16.0. The summed E-state index contributed by atoms with van der Waals surface area (Å²) in [5.74, 6) is 0.258. The molecule has 124 valence electrons. The fourth-order valence-corrected chi connectivity index (χ4v) is 3.01. The number of aromatic amines is 1. The summed E-state index contributed by atoms with van der Waals surface area (Å²) in [5.41, 5.74) is 4.48. The molecule has 0 atom stereocenters. The molecular formula is C18H19N3O3. The first-order valence-corrected chi connectivity index (χ1v) is 7.81. The van der Waals surface area contributed by atoms with Gasteiger partial charge in [-0.2, -0.15) is 0 Å². The Morgan fingerprint density at radius 1 is 1.29 bits per heavy atom. The molecule has 2 heterocycles. The summed E-state index contributed by atoms with van der Waals surface area (Å²) in [6, 6.07) is 5.29. The van der Waals surface area contributed by atoms with Crippen LogP contribution >= 0.6 is 0 Å². The van der Waals surface area contributed by atoms with E-state index in [0.717, 1.165) is 5.56 Å². The third kappa shape index (κ3) is 2.71. The maximum absolute atomic E-state index is 12.6. The molecule has 6 nitrogen and oxygen atoms in total. The summed E-state index contributed by atoms with van der Waals surface area (Å²) >= 11 is 0. The molecule has 0 saturated carbocycles. The molecule has 0 bridgehead atoms. The number of nitrogens with one attached hydrogen (secondary N) is 2. The van der Waals surface area contributed by atoms with Crippen LogP contribution in [-0.4, -0.2) is 21.7 Å². The maximum Gasteiger partial charge on any atom is 0.272 e. The number of ketones is 1. The Labute approximate surface area is 139 Å². The number of rotatable bonds is 4. The molecule has 0 saturated heterocycles. The summed E-state index contributed by atoms with van der Waals surface area (Å²) < 4.78 is 5.43. The molecule has 3 aromatic rings. The second-order valence-corrected chi connectivity index (χ2v) is 5.76. The van der Waals surface area contributed by atoms with Crippen molar-refractivity contribution in [1.82, 2.24) is 9.97 Å². The van der Waals surface area contributed by atoms with Crippen molar-refractivity contribution in [2.45, 2.75) is 34.1 Å². The van der Waals surface area contributed by atoms with Crippen LogP contribution in [0.2, 0.25) is 0 Å². The van der Waals surface area contributed by atoms with Gasteiger partial charge in [-0.3, -0.25) is 9.59 Å². The van der Waals surface area contributed by atoms with Gasteiger partial charge in [0.15, 0.2) is 17.3 Å². The molecule has 6 heteroatoms. The van der Waals surface area contributed by atoms with Gasteiger partial charge in [-0.25, -0.2) is 4.98 Å². The van der Waals surface area contributed by atoms with Gasteiger partial charge in [0.05, 0.1) is 0 Å². The molecule has 0 aliphatic rings. The number of fused-ring (bicyclic) bond motifs is 1. The SMILES string of the molecule is CCc1c(C(=O)Nc2ccc3oc(C)nc3c2)[nH]c(C)c1C(C)=O. The lowest BCUT2D eigenvalue weighted by Gasteiger charge is -2.06. The van der Waals surface area contributed by atoms with E-state index in [2.05, 4.69) is 15.3 Å². The van der Waals surface area contributed by atoms with E-state index in [1.807, 2.05) is 6.92 Å². The van der Waals surface area contributed by atoms with Gasteiger partial charge in [0.1, 0.15) is 11.2 Å². The van der Waals surface area contributed by atoms with E-state index in [0.29, 0.717) is 46.0 Å². The molecule has 1 aromatic carbocycles. The van der Waals surface area contributed by atoms with Crippen LogP contribution in [0.5, 0.6) is 0 Å². The molecule has 0 aliphatic heterocycles. The number of H-pyrrole nitrogens is 1. The molecule has 0 aliphatic carbocycles. The number of aromatic nitrogens is 2. The molecule has 3 rings (SSSR count). The van der Waals surface area contributed by atoms with Crippen molar-refractivity contribution in [3.8, 4) is 0 Å². The lowest BCUT2D eigenvalue weighted by Crippen LogP contribution is -2.14. The van der Waals surface area contributed by atoms with E-state index in [-0.39, 0.29) is 11.7 Å². The van der Waals surface area contributed by atoms with Crippen LogP contribution in [0, 0.1) is 13.8 Å². The number of nitrogens with zero attached hydrogens (tertiary/aromatic N) is 1. The monoisotopic (exact) mass is 325 g/mol. The van der Waals surface area contributed by atoms with E-state index in [1.165, 1.54) is 6.92 Å². The number of Topliss-reactive ketones (excluding diaryl/α,β-unsaturated/α-hetero) is 1. The Morgan fingerprint density at radius 3 is 2.71 bits per heavy atom. The van der Waals surface area contributed by atoms with Crippen molar-refractivity contribution < 1.29 is 14.0 Å². The van der Waals surface area contributed by atoms with Gasteiger partial charge in [0.25, 0.3) is 5.91 Å². The Morgan fingerprint density at radius 2 is 2.04 bits per heavy atom. The smallest absolute Gasteiger partial charge is 0.272 e. The molecule has 2 aromatic heterocycles. The number of aryl methyl sites for hydroxylation is 2. The predicted octanol–water partition coefficient (Wildman–Crippen LogP) is 3.79. The van der Waals surface area contributed by atoms with Gasteiger partial charge in [0, 0.05) is 23.9 Å². The minimum atomic E-state index is -0.276. The largest absolute Gasteiger partial charge is 0.441 e. The topological polar surface area (TPSA) is 88.0 Å². The highest BCUT2D eigenvalue weighted by atomic mass is 16.3. The second kappa shape index (κ2) is 5.96. The van der Waals surface area contributed by atoms with E-state index in [9.17, 15) is 9.59 Å². The van der Waals surface area contributed by atoms with Crippen LogP contribution in [0.15, 0.2) is 22.6 Å². The standard InChI is InChI=1S/C18H19N3O3/c1-5-13-16(10(3)22)9(2)19-17(13)18(23)21-12-6-7-15-14(8-12)20-11(4)24-15/h6-8,19H,5H2,1-4H3,(H,21,23). The highest BCUT2D eigenvalue weighted by Crippen LogP contribution is 2.23. The molecule has 0 radical (unpaired) electrons. The molecule has 0 unspecified atom stereocenters. The third-order valence-electron chi connectivity index (χ3n) is 3.98. The zero-order valence-electron chi connectivity index (χ0n) is 14.1. The number of hydrogen-bond acceptors (Lipinski definition) is 4. The van der Waals surface area contributed by atoms with E-state index in [4.69, 9.17) is 4.42 Å². The van der Waals surface area contributed by atoms with Gasteiger partial charge in [-0.1, -0.05) is 6.92 Å². The van der Waals surface area contributed by atoms with Crippen LogP contribution in [0.3, 0.4) is 0 Å². The normalized spacial score (nSPS) is 11.0. The van der Waals surface area contributed by atoms with Crippen LogP contribution in [0.1, 0.15) is 51.8 Å². The van der Waals surface area contributed by atoms with Crippen LogP contribution in [0.25, 0.3) is 11.1 Å². The third-order valence-corrected chi connectivity index (χ3v) is 3.98. The zero-order valence-corrected chi connectivity index (χ0v) is 14.1. The number of amides is 1. The number of anilines is 1. The molecule has 24 heavy (non-hydrogen) atoms. The van der Waals surface area contributed by atoms with Crippen molar-refractivity contribution in [3.63, 3.8) is 0 Å². The van der Waals surface area contributed by atoms with Gasteiger partial charge in [-0.05, 0) is 44.0 Å². The Balaban J connectivity index is 1.94. The second-order valence-electron chi connectivity index (χ2n) is 5.76. The summed E-state index contributed by atoms with van der Waals surface area (Å²) in [7, 11) is 0. The summed E-state index contributed by atoms with van der Waals surface area (Å²) in [5, 5.41) is 2.85. The fourth-order valence-electron chi connectivity index (χ4n) is 3.01. The molecule has 1 amide bonds. The summed E-state index contributed by atoms with van der Waals surface area (Å²) in [4.78, 5) is 31.7. The quantitative estimate of drug-likeness (QED) is 0.714. The first-order chi connectivity index (χ1) is 11.4. The number of hydrogen-bond donors (Lipinski definition) is 2. The average molecular weight is 325 g/mol. The number of carbonyl (C=O) groups is 2. The van der Waals surface area contributed by atoms with Crippen LogP contribution < -0.4 is 5.32 Å². The van der Waals surface area contributed by atoms with E-state index >= 15 is 0 Å². The van der Waals surface area contributed by atoms with Crippen molar-refractivity contribution in [3.05, 3.63) is 46.6 Å². The van der Waals surface area contributed by atoms with Gasteiger partial charge in [-0.15, -0.1) is 0 Å². The number of oxazole rings is 1. The minimum Gasteiger partial charge on any atom is -0.441 e. The molecule has 0 fully saturated rings. The number of benzene rings is 1. The van der Waals surface area contributed by atoms with E-state index in [1.54, 1.807) is 32.0 Å². The van der Waals surface area contributed by atoms with Crippen molar-refractivity contribution in [2.75, 3.05) is 5.32 Å². The van der Waals surface area contributed by atoms with Gasteiger partial charge in [0.2, 0.25) is 0 Å². The zero-order chi connectivity index (χ0) is 17.4. The highest BCUT2D eigenvalue weighted by molar-refractivity contribution is 6.08. The van der Waals surface area contributed by atoms with Gasteiger partial charge < -0.3 is 14.7 Å². The van der Waals surface area contributed by atoms with Crippen molar-refractivity contribution in [2.24, 2.45) is 0 Å². The summed E-state index contributed by atoms with van der Waals surface area (Å²) in [6.45, 7) is 7.02. The molecule has 2 N–H and O–H groups in total. The minimum absolute atomic E-state index is 0.0425. The summed E-state index contributed by atoms with van der Waals surface area (Å²) in [6.07, 6.45) is 0.601. The van der Waals surface area contributed by atoms with Crippen molar-refractivity contribution >= 4 is 28.5 Å². The van der Waals surface area contributed by atoms with Crippen LogP contribution in [0.4, 0.5) is 5.69 Å².